The molecule has 0 aliphatic carbocycles. The molecule has 0 fully saturated rings. The van der Waals surface area contributed by atoms with Gasteiger partial charge >= 0.3 is 8.80 Å². The molecule has 8 nitrogen and oxygen atoms in total. The summed E-state index contributed by atoms with van der Waals surface area (Å²) in [5, 5.41) is 13.5. The number of nitrogens with zero attached hydrogens (tertiary/aromatic N) is 1. The van der Waals surface area contributed by atoms with Crippen LogP contribution in [-0.2, 0) is 18.1 Å². The van der Waals surface area contributed by atoms with E-state index in [2.05, 4.69) is 19.2 Å². The summed E-state index contributed by atoms with van der Waals surface area (Å²) in [4.78, 5) is 14.5. The third-order valence-electron chi connectivity index (χ3n) is 7.63. The number of hydrogen-bond acceptors (Lipinski definition) is 8. The molecule has 1 N–H and O–H groups in total. The van der Waals surface area contributed by atoms with Crippen LogP contribution in [-0.4, -0.2) is 49.3 Å². The Morgan fingerprint density at radius 2 is 1.62 bits per heavy atom. The van der Waals surface area contributed by atoms with Crippen LogP contribution in [0.5, 0.6) is 11.5 Å². The van der Waals surface area contributed by atoms with Gasteiger partial charge < -0.3 is 28.1 Å². The molecule has 0 saturated carbocycles. The summed E-state index contributed by atoms with van der Waals surface area (Å²) in [5.74, 6) is 0.547. The van der Waals surface area contributed by atoms with Crippen LogP contribution in [0.3, 0.4) is 0 Å². The van der Waals surface area contributed by atoms with Crippen molar-refractivity contribution in [2.45, 2.75) is 65.2 Å². The number of unbranched alkanes of at least 4 members (excludes halogenated alkanes) is 4. The van der Waals surface area contributed by atoms with Gasteiger partial charge in [0.15, 0.2) is 11.5 Å². The highest BCUT2D eigenvalue weighted by atomic mass is 32.1. The van der Waals surface area contributed by atoms with E-state index in [0.717, 1.165) is 61.4 Å². The Balaban J connectivity index is 1.87. The molecule has 0 saturated heterocycles. The van der Waals surface area contributed by atoms with Gasteiger partial charge in [0.1, 0.15) is 11.6 Å². The molecule has 0 bridgehead atoms. The quantitative estimate of drug-likeness (QED) is 0.0948. The summed E-state index contributed by atoms with van der Waals surface area (Å²) in [6, 6.07) is 8.99. The van der Waals surface area contributed by atoms with Crippen LogP contribution >= 0.6 is 11.3 Å². The molecule has 10 heteroatoms. The summed E-state index contributed by atoms with van der Waals surface area (Å²) in [7, 11) is 1.58. The zero-order valence-electron chi connectivity index (χ0n) is 26.4. The average molecular weight is 614 g/mol. The molecule has 1 amide bonds. The van der Waals surface area contributed by atoms with Crippen LogP contribution in [0.2, 0.25) is 0 Å². The van der Waals surface area contributed by atoms with Crippen LogP contribution in [0.4, 0.5) is 5.69 Å². The van der Waals surface area contributed by atoms with Crippen molar-refractivity contribution in [2.24, 2.45) is 5.41 Å². The van der Waals surface area contributed by atoms with E-state index in [9.17, 15) is 10.1 Å². The van der Waals surface area contributed by atoms with Gasteiger partial charge in [0.2, 0.25) is 0 Å². The molecule has 2 aromatic rings. The molecule has 1 aromatic heterocycles. The largest absolute Gasteiger partial charge is 0.536 e. The van der Waals surface area contributed by atoms with E-state index in [4.69, 9.17) is 24.1 Å². The van der Waals surface area contributed by atoms with Crippen molar-refractivity contribution in [3.05, 3.63) is 46.1 Å². The topological polar surface area (TPSA) is 99.0 Å². The number of nitrogens with one attached hydrogen (secondary N) is 1. The fourth-order valence-corrected chi connectivity index (χ4v) is 7.91. The minimum Gasteiger partial charge on any atom is -0.487 e. The van der Waals surface area contributed by atoms with E-state index >= 15 is 0 Å². The number of amides is 1. The van der Waals surface area contributed by atoms with Crippen molar-refractivity contribution in [1.29, 1.82) is 5.26 Å². The van der Waals surface area contributed by atoms with Crippen molar-refractivity contribution in [2.75, 3.05) is 39.9 Å². The Morgan fingerprint density at radius 3 is 2.12 bits per heavy atom. The number of nitriles is 1. The van der Waals surface area contributed by atoms with Gasteiger partial charge in [-0.1, -0.05) is 71.1 Å². The minimum absolute atomic E-state index is 0.0751. The van der Waals surface area contributed by atoms with Crippen LogP contribution in [0, 0.1) is 16.7 Å². The molecule has 0 unspecified atom stereocenters. The average Bonchev–Trinajstić information content (AvgIpc) is 3.22. The summed E-state index contributed by atoms with van der Waals surface area (Å²) in [6.07, 6.45) is 12.1. The van der Waals surface area contributed by atoms with Crippen molar-refractivity contribution >= 4 is 49.1 Å². The van der Waals surface area contributed by atoms with Crippen molar-refractivity contribution < 1.29 is 28.9 Å². The maximum atomic E-state index is 13.2. The van der Waals surface area contributed by atoms with Gasteiger partial charge in [-0.2, -0.15) is 5.26 Å². The SMILES string of the molecule is [2H]C=Cc1sc(/C=C(\C#N)C(=O)Nc2ccc([Si](OC)(OC)OC)cc2)c2c1OCC(CCCCC)(CCCCC)CO2. The smallest absolute Gasteiger partial charge is 0.487 e. The van der Waals surface area contributed by atoms with E-state index < -0.39 is 14.7 Å². The van der Waals surface area contributed by atoms with Gasteiger partial charge in [-0.05, 0) is 37.1 Å². The molecule has 228 valence electrons. The Morgan fingerprint density at radius 1 is 1.05 bits per heavy atom. The minimum atomic E-state index is -3.01. The van der Waals surface area contributed by atoms with Gasteiger partial charge in [-0.3, -0.25) is 4.79 Å². The van der Waals surface area contributed by atoms with Crippen LogP contribution in [0.25, 0.3) is 12.2 Å². The lowest BCUT2D eigenvalue weighted by Crippen LogP contribution is -2.54. The lowest BCUT2D eigenvalue weighted by molar-refractivity contribution is -0.112. The Hall–Kier alpha value is -2.94. The number of anilines is 1. The number of benzene rings is 1. The predicted molar refractivity (Wildman–Crippen MR) is 171 cm³/mol. The lowest BCUT2D eigenvalue weighted by Gasteiger charge is -2.31. The molecule has 1 aliphatic rings. The number of rotatable bonds is 16. The summed E-state index contributed by atoms with van der Waals surface area (Å²) < 4.78 is 37.1. The first-order valence-corrected chi connectivity index (χ1v) is 17.0. The first kappa shape index (κ1) is 32.0. The number of carbonyl (C=O) groups excluding carboxylic acids is 1. The zero-order valence-corrected chi connectivity index (χ0v) is 27.2. The molecule has 1 aromatic carbocycles. The summed E-state index contributed by atoms with van der Waals surface area (Å²) in [6.45, 7) is 6.65. The second kappa shape index (κ2) is 16.1. The number of ether oxygens (including phenoxy) is 2. The van der Waals surface area contributed by atoms with E-state index in [-0.39, 0.29) is 11.0 Å². The first-order chi connectivity index (χ1) is 20.8. The summed E-state index contributed by atoms with van der Waals surface area (Å²) in [5.41, 5.74) is 0.321. The predicted octanol–water partition coefficient (Wildman–Crippen LogP) is 6.94. The number of fused-ring (bicyclic) bond motifs is 1. The monoisotopic (exact) mass is 613 g/mol. The Bertz CT molecular complexity index is 1280. The maximum Gasteiger partial charge on any atom is 0.536 e. The third-order valence-corrected chi connectivity index (χ3v) is 11.4. The van der Waals surface area contributed by atoms with Crippen LogP contribution in [0.1, 0.15) is 76.3 Å². The highest BCUT2D eigenvalue weighted by Gasteiger charge is 2.40. The van der Waals surface area contributed by atoms with E-state index in [0.29, 0.717) is 35.3 Å². The molecular formula is C32H44N2O6SSi. The second-order valence-corrected chi connectivity index (χ2v) is 14.5. The number of thiophene rings is 1. The van der Waals surface area contributed by atoms with Gasteiger partial charge in [0.05, 0.1) is 24.3 Å². The van der Waals surface area contributed by atoms with Gasteiger partial charge in [-0.25, -0.2) is 0 Å². The fourth-order valence-electron chi connectivity index (χ4n) is 5.16. The van der Waals surface area contributed by atoms with E-state index in [1.165, 1.54) is 45.3 Å². The molecule has 42 heavy (non-hydrogen) atoms. The number of carbonyl (C=O) groups is 1. The van der Waals surface area contributed by atoms with Crippen molar-refractivity contribution in [1.82, 2.24) is 0 Å². The van der Waals surface area contributed by atoms with Crippen molar-refractivity contribution in [3.8, 4) is 17.6 Å². The van der Waals surface area contributed by atoms with Gasteiger partial charge in [-0.15, -0.1) is 11.3 Å². The Kier molecular flexibility index (Phi) is 12.2. The highest BCUT2D eigenvalue weighted by molar-refractivity contribution is 7.14. The van der Waals surface area contributed by atoms with Gasteiger partial charge in [0, 0.05) is 37.6 Å². The molecule has 0 spiro atoms. The van der Waals surface area contributed by atoms with Crippen LogP contribution in [0.15, 0.2) is 36.4 Å². The second-order valence-electron chi connectivity index (χ2n) is 10.5. The van der Waals surface area contributed by atoms with Crippen LogP contribution < -0.4 is 20.0 Å². The molecule has 3 rings (SSSR count). The molecule has 0 atom stereocenters. The van der Waals surface area contributed by atoms with E-state index in [1.807, 2.05) is 6.07 Å². The van der Waals surface area contributed by atoms with E-state index in [1.54, 1.807) is 30.3 Å². The molecule has 2 heterocycles. The number of hydrogen-bond donors (Lipinski definition) is 1. The Labute approximate surface area is 257 Å². The normalized spacial score (nSPS) is 15.2. The fraction of sp³-hybridized carbons (Fsp3) is 0.500. The maximum absolute atomic E-state index is 13.2. The van der Waals surface area contributed by atoms with Crippen molar-refractivity contribution in [3.63, 3.8) is 0 Å². The molecule has 0 radical (unpaired) electrons. The first-order valence-electron chi connectivity index (χ1n) is 15.1. The zero-order chi connectivity index (χ0) is 31.3. The molecule has 1 aliphatic heterocycles. The lowest BCUT2D eigenvalue weighted by atomic mass is 9.79. The third kappa shape index (κ3) is 7.91. The highest BCUT2D eigenvalue weighted by Crippen LogP contribution is 2.48. The van der Waals surface area contributed by atoms with Gasteiger partial charge in [0.25, 0.3) is 5.91 Å². The summed E-state index contributed by atoms with van der Waals surface area (Å²) >= 11 is 1.33. The standard InChI is InChI=1S/C32H44N2O6SSi/c1-7-10-12-18-32(19-13-11-8-2)22-39-29-27(9-3)41-28(30(29)40-23-32)20-24(21-33)31(35)34-25-14-16-26(17-15-25)42(36-4,37-5)38-6/h9,14-17,20H,3,7-8,10-13,18-19,22-23H2,1-2,4-6H3,(H,34,35)/b24-20+/i3D/b9-3?,24-20+. The molecular weight excluding hydrogens is 569 g/mol.